The van der Waals surface area contributed by atoms with Gasteiger partial charge in [-0.05, 0) is 13.3 Å². The summed E-state index contributed by atoms with van der Waals surface area (Å²) in [5.74, 6) is -1.08. The van der Waals surface area contributed by atoms with E-state index >= 15 is 0 Å². The second kappa shape index (κ2) is 3.36. The van der Waals surface area contributed by atoms with Crippen LogP contribution in [0.25, 0.3) is 0 Å². The largest absolute Gasteiger partial charge is 0.468 e. The molecule has 0 spiro atoms. The van der Waals surface area contributed by atoms with Crippen LogP contribution in [0, 0.1) is 10.8 Å². The molecule has 0 amide bonds. The molecular weight excluding hydrogens is 196 g/mol. The van der Waals surface area contributed by atoms with E-state index in [9.17, 15) is 9.59 Å². The predicted molar refractivity (Wildman–Crippen MR) is 54.0 cm³/mol. The summed E-state index contributed by atoms with van der Waals surface area (Å²) in [6, 6.07) is 0. The second-order valence-corrected chi connectivity index (χ2v) is 4.18. The van der Waals surface area contributed by atoms with Crippen LogP contribution in [-0.4, -0.2) is 26.2 Å². The molecule has 0 aliphatic heterocycles. The first kappa shape index (κ1) is 11.8. The topological polar surface area (TPSA) is 52.6 Å². The molecule has 1 rings (SSSR count). The van der Waals surface area contributed by atoms with Gasteiger partial charge < -0.3 is 9.47 Å². The lowest BCUT2D eigenvalue weighted by molar-refractivity contribution is -0.163. The number of esters is 2. The Bertz CT molecular complexity index is 315. The molecule has 0 N–H and O–H groups in total. The number of rotatable bonds is 3. The molecule has 0 aromatic carbocycles. The van der Waals surface area contributed by atoms with E-state index in [0.717, 1.165) is 5.57 Å². The van der Waals surface area contributed by atoms with Crippen LogP contribution in [0.4, 0.5) is 0 Å². The minimum atomic E-state index is -1.18. The maximum Gasteiger partial charge on any atom is 0.324 e. The van der Waals surface area contributed by atoms with Gasteiger partial charge in [-0.15, -0.1) is 0 Å². The fraction of sp³-hybridized carbons (Fsp3) is 0.636. The number of carbonyl (C=O) groups excluding carboxylic acids is 2. The standard InChI is InChI=1S/C11H16O4/c1-7(2)10(3)6-11(10,8(12)14-4)9(13)15-5/h1,6H2,2-5H3. The quantitative estimate of drug-likeness (QED) is 0.402. The van der Waals surface area contributed by atoms with Gasteiger partial charge in [-0.1, -0.05) is 19.1 Å². The molecule has 0 radical (unpaired) electrons. The summed E-state index contributed by atoms with van der Waals surface area (Å²) in [7, 11) is 2.54. The zero-order valence-electron chi connectivity index (χ0n) is 9.55. The Morgan fingerprint density at radius 2 is 1.60 bits per heavy atom. The van der Waals surface area contributed by atoms with E-state index in [0.29, 0.717) is 6.42 Å². The molecule has 4 heteroatoms. The third kappa shape index (κ3) is 1.28. The van der Waals surface area contributed by atoms with Crippen molar-refractivity contribution in [1.29, 1.82) is 0 Å². The van der Waals surface area contributed by atoms with Gasteiger partial charge in [-0.25, -0.2) is 0 Å². The monoisotopic (exact) mass is 212 g/mol. The Morgan fingerprint density at radius 1 is 1.20 bits per heavy atom. The second-order valence-electron chi connectivity index (χ2n) is 4.18. The molecule has 0 heterocycles. The third-order valence-corrected chi connectivity index (χ3v) is 3.45. The highest BCUT2D eigenvalue weighted by Crippen LogP contribution is 2.68. The summed E-state index contributed by atoms with van der Waals surface area (Å²) in [6.07, 6.45) is 0.411. The number of carbonyl (C=O) groups is 2. The fourth-order valence-electron chi connectivity index (χ4n) is 2.03. The van der Waals surface area contributed by atoms with Crippen LogP contribution in [0.2, 0.25) is 0 Å². The average molecular weight is 212 g/mol. The van der Waals surface area contributed by atoms with Crippen LogP contribution in [0.15, 0.2) is 12.2 Å². The van der Waals surface area contributed by atoms with Crippen molar-refractivity contribution in [3.05, 3.63) is 12.2 Å². The number of allylic oxidation sites excluding steroid dienone is 1. The van der Waals surface area contributed by atoms with Crippen LogP contribution in [0.3, 0.4) is 0 Å². The minimum absolute atomic E-state index is 0.411. The third-order valence-electron chi connectivity index (χ3n) is 3.45. The van der Waals surface area contributed by atoms with Gasteiger partial charge in [0.05, 0.1) is 14.2 Å². The first-order valence-corrected chi connectivity index (χ1v) is 4.69. The highest BCUT2D eigenvalue weighted by atomic mass is 16.5. The zero-order valence-corrected chi connectivity index (χ0v) is 9.55. The fourth-order valence-corrected chi connectivity index (χ4v) is 2.03. The molecule has 0 aromatic heterocycles. The summed E-state index contributed by atoms with van der Waals surface area (Å²) in [4.78, 5) is 23.3. The van der Waals surface area contributed by atoms with E-state index in [1.54, 1.807) is 6.92 Å². The minimum Gasteiger partial charge on any atom is -0.468 e. The maximum atomic E-state index is 11.7. The predicted octanol–water partition coefficient (Wildman–Crippen LogP) is 1.30. The van der Waals surface area contributed by atoms with Crippen LogP contribution < -0.4 is 0 Å². The Balaban J connectivity index is 3.10. The number of methoxy groups -OCH3 is 2. The summed E-state index contributed by atoms with van der Waals surface area (Å²) < 4.78 is 9.33. The summed E-state index contributed by atoms with van der Waals surface area (Å²) in [5.41, 5.74) is -0.923. The molecule has 1 saturated carbocycles. The van der Waals surface area contributed by atoms with Crippen molar-refractivity contribution in [2.24, 2.45) is 10.8 Å². The van der Waals surface area contributed by atoms with Crippen molar-refractivity contribution in [2.75, 3.05) is 14.2 Å². The summed E-state index contributed by atoms with van der Waals surface area (Å²) in [5, 5.41) is 0. The number of hydrogen-bond donors (Lipinski definition) is 0. The molecule has 84 valence electrons. The number of hydrogen-bond acceptors (Lipinski definition) is 4. The Hall–Kier alpha value is -1.32. The van der Waals surface area contributed by atoms with Gasteiger partial charge in [0.2, 0.25) is 0 Å². The summed E-state index contributed by atoms with van der Waals surface area (Å²) in [6.45, 7) is 7.42. The zero-order chi connectivity index (χ0) is 11.9. The van der Waals surface area contributed by atoms with Crippen LogP contribution in [0.5, 0.6) is 0 Å². The van der Waals surface area contributed by atoms with E-state index in [-0.39, 0.29) is 0 Å². The molecule has 0 aromatic rings. The van der Waals surface area contributed by atoms with Gasteiger partial charge in [0, 0.05) is 5.41 Å². The van der Waals surface area contributed by atoms with E-state index in [1.807, 2.05) is 6.92 Å². The lowest BCUT2D eigenvalue weighted by Crippen LogP contribution is -2.33. The lowest BCUT2D eigenvalue weighted by Gasteiger charge is -2.18. The molecule has 0 saturated heterocycles. The Kier molecular flexibility index (Phi) is 2.63. The maximum absolute atomic E-state index is 11.7. The van der Waals surface area contributed by atoms with Gasteiger partial charge in [0.1, 0.15) is 0 Å². The SMILES string of the molecule is C=C(C)C1(C)CC1(C(=O)OC)C(=O)OC. The molecule has 1 unspecified atom stereocenters. The van der Waals surface area contributed by atoms with Crippen molar-refractivity contribution in [1.82, 2.24) is 0 Å². The van der Waals surface area contributed by atoms with E-state index < -0.39 is 22.8 Å². The van der Waals surface area contributed by atoms with Crippen LogP contribution in [0.1, 0.15) is 20.3 Å². The average Bonchev–Trinajstić information content (AvgIpc) is 2.86. The van der Waals surface area contributed by atoms with Gasteiger partial charge in [-0.3, -0.25) is 9.59 Å². The molecular formula is C11H16O4. The van der Waals surface area contributed by atoms with Gasteiger partial charge >= 0.3 is 11.9 Å². The van der Waals surface area contributed by atoms with Crippen molar-refractivity contribution < 1.29 is 19.1 Å². The molecule has 0 bridgehead atoms. The normalized spacial score (nSPS) is 26.7. The molecule has 1 fully saturated rings. The van der Waals surface area contributed by atoms with Crippen molar-refractivity contribution in [2.45, 2.75) is 20.3 Å². The lowest BCUT2D eigenvalue weighted by atomic mass is 9.89. The first-order valence-electron chi connectivity index (χ1n) is 4.69. The molecule has 1 aliphatic rings. The highest BCUT2D eigenvalue weighted by Gasteiger charge is 2.76. The smallest absolute Gasteiger partial charge is 0.324 e. The van der Waals surface area contributed by atoms with Gasteiger partial charge in [0.15, 0.2) is 5.41 Å². The van der Waals surface area contributed by atoms with Crippen LogP contribution >= 0.6 is 0 Å². The van der Waals surface area contributed by atoms with E-state index in [1.165, 1.54) is 14.2 Å². The van der Waals surface area contributed by atoms with Crippen LogP contribution in [-0.2, 0) is 19.1 Å². The molecule has 1 atom stereocenters. The van der Waals surface area contributed by atoms with Crippen molar-refractivity contribution in [3.63, 3.8) is 0 Å². The van der Waals surface area contributed by atoms with E-state index in [2.05, 4.69) is 16.1 Å². The highest BCUT2D eigenvalue weighted by molar-refractivity contribution is 6.05. The number of ether oxygens (including phenoxy) is 2. The summed E-state index contributed by atoms with van der Waals surface area (Å²) >= 11 is 0. The Labute approximate surface area is 89.2 Å². The van der Waals surface area contributed by atoms with Crippen molar-refractivity contribution >= 4 is 11.9 Å². The molecule has 4 nitrogen and oxygen atoms in total. The molecule has 1 aliphatic carbocycles. The van der Waals surface area contributed by atoms with E-state index in [4.69, 9.17) is 0 Å². The van der Waals surface area contributed by atoms with Gasteiger partial charge in [0.25, 0.3) is 0 Å². The van der Waals surface area contributed by atoms with Gasteiger partial charge in [-0.2, -0.15) is 0 Å². The Morgan fingerprint density at radius 3 is 1.80 bits per heavy atom. The van der Waals surface area contributed by atoms with Crippen molar-refractivity contribution in [3.8, 4) is 0 Å². The molecule has 15 heavy (non-hydrogen) atoms. The first-order chi connectivity index (χ1) is 6.86.